The highest BCUT2D eigenvalue weighted by Gasteiger charge is 2.25. The van der Waals surface area contributed by atoms with Crippen LogP contribution >= 0.6 is 15.9 Å². The molecular formula is C15H27BrN4O. The van der Waals surface area contributed by atoms with Crippen LogP contribution < -0.4 is 5.32 Å². The van der Waals surface area contributed by atoms with Gasteiger partial charge in [-0.05, 0) is 35.8 Å². The summed E-state index contributed by atoms with van der Waals surface area (Å²) in [6, 6.07) is 0.441. The second-order valence-corrected chi connectivity index (χ2v) is 6.18. The van der Waals surface area contributed by atoms with Gasteiger partial charge in [-0.25, -0.2) is 0 Å². The van der Waals surface area contributed by atoms with E-state index < -0.39 is 0 Å². The molecule has 0 amide bonds. The van der Waals surface area contributed by atoms with Gasteiger partial charge in [0.2, 0.25) is 0 Å². The minimum atomic E-state index is 0.441. The molecule has 0 saturated carbocycles. The molecule has 2 rings (SSSR count). The minimum absolute atomic E-state index is 0.441. The topological polar surface area (TPSA) is 42.3 Å². The number of halogens is 1. The lowest BCUT2D eigenvalue weighted by Gasteiger charge is -2.35. The van der Waals surface area contributed by atoms with E-state index in [0.717, 1.165) is 58.1 Å². The van der Waals surface area contributed by atoms with Crippen molar-refractivity contribution in [3.05, 3.63) is 15.9 Å². The van der Waals surface area contributed by atoms with Gasteiger partial charge in [-0.2, -0.15) is 5.10 Å². The third kappa shape index (κ3) is 4.06. The maximum Gasteiger partial charge on any atom is 0.0767 e. The Morgan fingerprint density at radius 2 is 2.19 bits per heavy atom. The normalized spacial score (nSPS) is 20.1. The summed E-state index contributed by atoms with van der Waals surface area (Å²) >= 11 is 3.75. The lowest BCUT2D eigenvalue weighted by molar-refractivity contribution is -0.0119. The van der Waals surface area contributed by atoms with Gasteiger partial charge in [0.1, 0.15) is 0 Å². The number of hydrogen-bond acceptors (Lipinski definition) is 4. The molecule has 0 spiro atoms. The van der Waals surface area contributed by atoms with Crippen LogP contribution in [0.5, 0.6) is 0 Å². The van der Waals surface area contributed by atoms with Crippen LogP contribution in [-0.2, 0) is 24.2 Å². The fourth-order valence-corrected chi connectivity index (χ4v) is 3.45. The molecule has 1 atom stereocenters. The van der Waals surface area contributed by atoms with Crippen LogP contribution in [-0.4, -0.2) is 53.6 Å². The van der Waals surface area contributed by atoms with Crippen molar-refractivity contribution in [2.75, 3.05) is 32.8 Å². The highest BCUT2D eigenvalue weighted by molar-refractivity contribution is 9.10. The van der Waals surface area contributed by atoms with Crippen LogP contribution in [0.1, 0.15) is 32.2 Å². The molecule has 2 heterocycles. The van der Waals surface area contributed by atoms with E-state index in [0.29, 0.717) is 6.04 Å². The molecule has 1 aliphatic rings. The molecule has 1 aromatic rings. The van der Waals surface area contributed by atoms with Crippen molar-refractivity contribution in [2.24, 2.45) is 0 Å². The van der Waals surface area contributed by atoms with Crippen molar-refractivity contribution in [2.45, 2.75) is 46.3 Å². The fourth-order valence-electron chi connectivity index (χ4n) is 2.76. The Hall–Kier alpha value is -0.430. The van der Waals surface area contributed by atoms with E-state index >= 15 is 0 Å². The molecule has 0 aliphatic carbocycles. The molecule has 0 bridgehead atoms. The van der Waals surface area contributed by atoms with Crippen LogP contribution in [0.25, 0.3) is 0 Å². The zero-order valence-electron chi connectivity index (χ0n) is 13.4. The van der Waals surface area contributed by atoms with Crippen LogP contribution in [0.3, 0.4) is 0 Å². The summed E-state index contributed by atoms with van der Waals surface area (Å²) in [7, 11) is 0. The highest BCUT2D eigenvalue weighted by Crippen LogP contribution is 2.25. The number of morpholine rings is 1. The Morgan fingerprint density at radius 1 is 1.38 bits per heavy atom. The molecule has 21 heavy (non-hydrogen) atoms. The van der Waals surface area contributed by atoms with Crippen molar-refractivity contribution < 1.29 is 4.74 Å². The predicted octanol–water partition coefficient (Wildman–Crippen LogP) is 2.04. The fraction of sp³-hybridized carbons (Fsp3) is 0.800. The van der Waals surface area contributed by atoms with Crippen LogP contribution in [0, 0.1) is 0 Å². The number of aromatic nitrogens is 2. The van der Waals surface area contributed by atoms with Gasteiger partial charge in [0.15, 0.2) is 0 Å². The standard InChI is InChI=1S/C15H27BrN4O/c1-4-13-15(16)14(20(6-3)18-13)10-19-7-8-21-11-12(19)9-17-5-2/h12,17H,4-11H2,1-3H3. The Kier molecular flexibility index (Phi) is 6.67. The summed E-state index contributed by atoms with van der Waals surface area (Å²) in [6.45, 7) is 12.9. The monoisotopic (exact) mass is 358 g/mol. The lowest BCUT2D eigenvalue weighted by Crippen LogP contribution is -2.50. The van der Waals surface area contributed by atoms with E-state index in [4.69, 9.17) is 9.84 Å². The molecule has 1 aromatic heterocycles. The number of aryl methyl sites for hydroxylation is 2. The molecule has 1 fully saturated rings. The van der Waals surface area contributed by atoms with Crippen molar-refractivity contribution in [1.82, 2.24) is 20.0 Å². The first-order chi connectivity index (χ1) is 10.2. The minimum Gasteiger partial charge on any atom is -0.378 e. The Labute approximate surface area is 136 Å². The molecule has 120 valence electrons. The third-order valence-electron chi connectivity index (χ3n) is 4.03. The summed E-state index contributed by atoms with van der Waals surface area (Å²) in [5.41, 5.74) is 2.45. The molecule has 1 unspecified atom stereocenters. The second kappa shape index (κ2) is 8.27. The number of nitrogens with one attached hydrogen (secondary N) is 1. The first kappa shape index (κ1) is 16.9. The van der Waals surface area contributed by atoms with Crippen LogP contribution in [0.2, 0.25) is 0 Å². The van der Waals surface area contributed by atoms with E-state index in [-0.39, 0.29) is 0 Å². The van der Waals surface area contributed by atoms with E-state index in [1.807, 2.05) is 0 Å². The number of nitrogens with zero attached hydrogens (tertiary/aromatic N) is 3. The van der Waals surface area contributed by atoms with Gasteiger partial charge in [-0.15, -0.1) is 0 Å². The molecule has 0 radical (unpaired) electrons. The lowest BCUT2D eigenvalue weighted by atomic mass is 10.2. The van der Waals surface area contributed by atoms with Gasteiger partial charge in [-0.1, -0.05) is 13.8 Å². The van der Waals surface area contributed by atoms with Crippen LogP contribution in [0.4, 0.5) is 0 Å². The average Bonchev–Trinajstić information content (AvgIpc) is 2.82. The molecule has 5 nitrogen and oxygen atoms in total. The van der Waals surface area contributed by atoms with Crippen LogP contribution in [0.15, 0.2) is 4.47 Å². The Bertz CT molecular complexity index is 449. The van der Waals surface area contributed by atoms with Crippen molar-refractivity contribution in [3.8, 4) is 0 Å². The molecule has 6 heteroatoms. The highest BCUT2D eigenvalue weighted by atomic mass is 79.9. The Morgan fingerprint density at radius 3 is 2.86 bits per heavy atom. The van der Waals surface area contributed by atoms with E-state index in [1.54, 1.807) is 0 Å². The quantitative estimate of drug-likeness (QED) is 0.809. The summed E-state index contributed by atoms with van der Waals surface area (Å²) in [6.07, 6.45) is 0.963. The van der Waals surface area contributed by atoms with Gasteiger partial charge in [-0.3, -0.25) is 9.58 Å². The predicted molar refractivity (Wildman–Crippen MR) is 88.5 cm³/mol. The van der Waals surface area contributed by atoms with Gasteiger partial charge >= 0.3 is 0 Å². The summed E-state index contributed by atoms with van der Waals surface area (Å²) in [5, 5.41) is 8.13. The number of rotatable bonds is 7. The first-order valence-corrected chi connectivity index (χ1v) is 8.77. The maximum absolute atomic E-state index is 5.64. The van der Waals surface area contributed by atoms with E-state index in [2.05, 4.69) is 51.6 Å². The zero-order valence-corrected chi connectivity index (χ0v) is 14.9. The summed E-state index contributed by atoms with van der Waals surface area (Å²) in [5.74, 6) is 0. The van der Waals surface area contributed by atoms with E-state index in [9.17, 15) is 0 Å². The molecule has 0 aromatic carbocycles. The average molecular weight is 359 g/mol. The van der Waals surface area contributed by atoms with Crippen molar-refractivity contribution in [1.29, 1.82) is 0 Å². The second-order valence-electron chi connectivity index (χ2n) is 5.38. The van der Waals surface area contributed by atoms with Gasteiger partial charge in [0.25, 0.3) is 0 Å². The van der Waals surface area contributed by atoms with E-state index in [1.165, 1.54) is 10.2 Å². The number of ether oxygens (including phenoxy) is 1. The van der Waals surface area contributed by atoms with Gasteiger partial charge in [0, 0.05) is 32.2 Å². The zero-order chi connectivity index (χ0) is 15.2. The van der Waals surface area contributed by atoms with Crippen molar-refractivity contribution in [3.63, 3.8) is 0 Å². The number of likely N-dealkylation sites (N-methyl/N-ethyl adjacent to an activating group) is 1. The van der Waals surface area contributed by atoms with Gasteiger partial charge < -0.3 is 10.1 Å². The third-order valence-corrected chi connectivity index (χ3v) is 4.94. The molecular weight excluding hydrogens is 332 g/mol. The Balaban J connectivity index is 2.12. The van der Waals surface area contributed by atoms with Crippen molar-refractivity contribution >= 4 is 15.9 Å². The number of hydrogen-bond donors (Lipinski definition) is 1. The molecule has 1 aliphatic heterocycles. The van der Waals surface area contributed by atoms with Gasteiger partial charge in [0.05, 0.1) is 29.1 Å². The maximum atomic E-state index is 5.64. The summed E-state index contributed by atoms with van der Waals surface area (Å²) < 4.78 is 8.95. The molecule has 1 N–H and O–H groups in total. The molecule has 1 saturated heterocycles. The largest absolute Gasteiger partial charge is 0.378 e. The summed E-state index contributed by atoms with van der Waals surface area (Å²) in [4.78, 5) is 2.51. The SMILES string of the molecule is CCNCC1COCCN1Cc1c(Br)c(CC)nn1CC. The smallest absolute Gasteiger partial charge is 0.0767 e. The first-order valence-electron chi connectivity index (χ1n) is 7.97.